The molecule has 4 heteroatoms. The Morgan fingerprint density at radius 2 is 0.889 bits per heavy atom. The third-order valence-electron chi connectivity index (χ3n) is 10.9. The van der Waals surface area contributed by atoms with Crippen LogP contribution in [0.25, 0.3) is 77.5 Å². The highest BCUT2D eigenvalue weighted by Crippen LogP contribution is 2.41. The minimum absolute atomic E-state index is 0.0128. The molecule has 0 saturated carbocycles. The van der Waals surface area contributed by atoms with Gasteiger partial charge in [-0.05, 0) is 82.6 Å². The molecule has 0 saturated heterocycles. The number of fused-ring (bicyclic) bond motifs is 6. The number of hydrogen-bond donors (Lipinski definition) is 0. The Bertz CT molecular complexity index is 2800. The first-order valence-electron chi connectivity index (χ1n) is 18.7. The van der Waals surface area contributed by atoms with Gasteiger partial charge in [-0.25, -0.2) is 4.98 Å². The van der Waals surface area contributed by atoms with Gasteiger partial charge in [-0.3, -0.25) is 0 Å². The molecule has 0 atom stereocenters. The van der Waals surface area contributed by atoms with Gasteiger partial charge in [0.25, 0.3) is 0 Å². The molecule has 6 aromatic carbocycles. The summed E-state index contributed by atoms with van der Waals surface area (Å²) < 4.78 is 4.57. The van der Waals surface area contributed by atoms with E-state index in [1.54, 1.807) is 0 Å². The van der Waals surface area contributed by atoms with E-state index in [1.807, 2.05) is 18.2 Å². The van der Waals surface area contributed by atoms with E-state index in [1.165, 1.54) is 21.9 Å². The highest BCUT2D eigenvalue weighted by atomic mass is 15.0. The van der Waals surface area contributed by atoms with Gasteiger partial charge in [0.05, 0.1) is 44.8 Å². The average Bonchev–Trinajstić information content (AvgIpc) is 3.69. The number of nitrogens with zero attached hydrogens (tertiary/aromatic N) is 4. The molecular formula is C50H42N4. The van der Waals surface area contributed by atoms with Gasteiger partial charge in [0.2, 0.25) is 0 Å². The van der Waals surface area contributed by atoms with Gasteiger partial charge in [-0.2, -0.15) is 5.26 Å². The molecule has 0 aliphatic carbocycles. The highest BCUT2D eigenvalue weighted by Gasteiger charge is 2.25. The molecule has 3 aromatic heterocycles. The molecule has 0 radical (unpaired) electrons. The number of benzene rings is 6. The lowest BCUT2D eigenvalue weighted by Gasteiger charge is -2.20. The molecule has 0 aliphatic rings. The first-order chi connectivity index (χ1) is 26.0. The van der Waals surface area contributed by atoms with Crippen LogP contribution in [0, 0.1) is 11.3 Å². The molecule has 9 aromatic rings. The van der Waals surface area contributed by atoms with Gasteiger partial charge in [-0.15, -0.1) is 0 Å². The summed E-state index contributed by atoms with van der Waals surface area (Å²) in [5, 5.41) is 16.0. The summed E-state index contributed by atoms with van der Waals surface area (Å²) in [5.74, 6) is 0. The van der Waals surface area contributed by atoms with Crippen molar-refractivity contribution in [1.82, 2.24) is 14.1 Å². The van der Waals surface area contributed by atoms with Gasteiger partial charge in [0, 0.05) is 32.7 Å². The monoisotopic (exact) mass is 698 g/mol. The van der Waals surface area contributed by atoms with Crippen LogP contribution in [0.5, 0.6) is 0 Å². The van der Waals surface area contributed by atoms with Crippen LogP contribution in [0.3, 0.4) is 0 Å². The molecule has 0 aliphatic heterocycles. The van der Waals surface area contributed by atoms with Crippen molar-refractivity contribution in [3.8, 4) is 40.0 Å². The van der Waals surface area contributed by atoms with Crippen LogP contribution >= 0.6 is 0 Å². The number of para-hydroxylation sites is 2. The van der Waals surface area contributed by atoms with Gasteiger partial charge in [-0.1, -0.05) is 126 Å². The Morgan fingerprint density at radius 3 is 1.37 bits per heavy atom. The minimum Gasteiger partial charge on any atom is -0.308 e. The third kappa shape index (κ3) is 5.39. The summed E-state index contributed by atoms with van der Waals surface area (Å²) >= 11 is 0. The summed E-state index contributed by atoms with van der Waals surface area (Å²) in [6.07, 6.45) is 0. The second kappa shape index (κ2) is 12.3. The molecule has 3 heterocycles. The largest absolute Gasteiger partial charge is 0.308 e. The van der Waals surface area contributed by atoms with Crippen molar-refractivity contribution in [3.63, 3.8) is 0 Å². The Balaban J connectivity index is 1.41. The number of aromatic nitrogens is 3. The minimum atomic E-state index is -0.0128. The van der Waals surface area contributed by atoms with E-state index in [0.29, 0.717) is 5.56 Å². The quantitative estimate of drug-likeness (QED) is 0.184. The first kappa shape index (κ1) is 33.4. The van der Waals surface area contributed by atoms with Gasteiger partial charge >= 0.3 is 0 Å². The lowest BCUT2D eigenvalue weighted by Crippen LogP contribution is -2.11. The summed E-state index contributed by atoms with van der Waals surface area (Å²) in [4.78, 5) is 5.24. The van der Waals surface area contributed by atoms with E-state index in [-0.39, 0.29) is 10.8 Å². The normalized spacial score (nSPS) is 12.2. The molecule has 54 heavy (non-hydrogen) atoms. The van der Waals surface area contributed by atoms with Crippen LogP contribution in [0.15, 0.2) is 146 Å². The second-order valence-corrected chi connectivity index (χ2v) is 16.4. The van der Waals surface area contributed by atoms with Crippen LogP contribution < -0.4 is 0 Å². The summed E-state index contributed by atoms with van der Waals surface area (Å²) in [5.41, 5.74) is 12.7. The maximum atomic E-state index is 11.3. The van der Waals surface area contributed by atoms with Crippen LogP contribution in [0.4, 0.5) is 0 Å². The molecule has 0 spiro atoms. The summed E-state index contributed by atoms with van der Waals surface area (Å²) in [6, 6.07) is 54.3. The van der Waals surface area contributed by atoms with Crippen LogP contribution in [0.1, 0.15) is 58.2 Å². The van der Waals surface area contributed by atoms with Crippen molar-refractivity contribution in [2.75, 3.05) is 0 Å². The maximum Gasteiger partial charge on any atom is 0.104 e. The van der Waals surface area contributed by atoms with Crippen LogP contribution in [0.2, 0.25) is 0 Å². The van der Waals surface area contributed by atoms with E-state index < -0.39 is 0 Å². The lowest BCUT2D eigenvalue weighted by molar-refractivity contribution is 0.591. The third-order valence-corrected chi connectivity index (χ3v) is 10.9. The second-order valence-electron chi connectivity index (χ2n) is 16.4. The molecule has 0 unspecified atom stereocenters. The molecule has 0 N–H and O–H groups in total. The van der Waals surface area contributed by atoms with Gasteiger partial charge < -0.3 is 9.13 Å². The Kier molecular flexibility index (Phi) is 7.62. The molecular weight excluding hydrogens is 657 g/mol. The van der Waals surface area contributed by atoms with E-state index >= 15 is 0 Å². The Morgan fingerprint density at radius 1 is 0.444 bits per heavy atom. The zero-order chi connectivity index (χ0) is 37.4. The zero-order valence-corrected chi connectivity index (χ0v) is 31.6. The predicted molar refractivity (Wildman–Crippen MR) is 226 cm³/mol. The average molecular weight is 699 g/mol. The van der Waals surface area contributed by atoms with E-state index in [0.717, 1.165) is 66.7 Å². The zero-order valence-electron chi connectivity index (χ0n) is 31.6. The van der Waals surface area contributed by atoms with Crippen molar-refractivity contribution in [2.45, 2.75) is 52.4 Å². The smallest absolute Gasteiger partial charge is 0.104 e. The molecule has 0 fully saturated rings. The van der Waals surface area contributed by atoms with E-state index in [4.69, 9.17) is 4.98 Å². The van der Waals surface area contributed by atoms with Gasteiger partial charge in [0.15, 0.2) is 0 Å². The molecule has 0 bridgehead atoms. The summed E-state index contributed by atoms with van der Waals surface area (Å²) in [6.45, 7) is 13.5. The topological polar surface area (TPSA) is 46.5 Å². The maximum absolute atomic E-state index is 11.3. The SMILES string of the molecule is CC(C)(C)c1ccc2c(c1)c1ccccc1n2-c1cc(-c2cccc(-c3ccccc3)n2)cc(-n2c3ccccc3c3cc(C(C)(C)C)ccc32)c1C#N. The molecule has 4 nitrogen and oxygen atoms in total. The molecule has 262 valence electrons. The van der Waals surface area contributed by atoms with Crippen molar-refractivity contribution >= 4 is 43.6 Å². The van der Waals surface area contributed by atoms with E-state index in [9.17, 15) is 5.26 Å². The Hall–Kier alpha value is -6.44. The predicted octanol–water partition coefficient (Wildman–Crippen LogP) is 13.1. The highest BCUT2D eigenvalue weighted by molar-refractivity contribution is 6.11. The van der Waals surface area contributed by atoms with Gasteiger partial charge in [0.1, 0.15) is 11.6 Å². The van der Waals surface area contributed by atoms with Crippen molar-refractivity contribution in [3.05, 3.63) is 162 Å². The lowest BCUT2D eigenvalue weighted by atomic mass is 9.86. The fourth-order valence-corrected chi connectivity index (χ4v) is 7.99. The number of nitriles is 1. The number of rotatable bonds is 4. The fourth-order valence-electron chi connectivity index (χ4n) is 7.99. The first-order valence-corrected chi connectivity index (χ1v) is 18.7. The summed E-state index contributed by atoms with van der Waals surface area (Å²) in [7, 11) is 0. The Labute approximate surface area is 316 Å². The number of hydrogen-bond acceptors (Lipinski definition) is 2. The fraction of sp³-hybridized carbons (Fsp3) is 0.160. The standard InChI is InChI=1S/C50H42N4/c1-49(2,3)34-23-25-45-38(29-34)36-17-10-12-21-43(36)53(45)47-27-33(42-20-14-19-41(52-42)32-15-8-7-9-16-32)28-48(40(47)31-51)54-44-22-13-11-18-37(44)39-30-35(50(4,5)6)24-26-46(39)54/h7-30H,1-6H3. The molecule has 9 rings (SSSR count). The van der Waals surface area contributed by atoms with Crippen molar-refractivity contribution in [2.24, 2.45) is 0 Å². The van der Waals surface area contributed by atoms with Crippen LogP contribution in [-0.4, -0.2) is 14.1 Å². The van der Waals surface area contributed by atoms with Crippen molar-refractivity contribution in [1.29, 1.82) is 5.26 Å². The van der Waals surface area contributed by atoms with Crippen molar-refractivity contribution < 1.29 is 0 Å². The molecule has 0 amide bonds. The number of pyridine rings is 1. The van der Waals surface area contributed by atoms with E-state index in [2.05, 4.69) is 184 Å². The van der Waals surface area contributed by atoms with Crippen LogP contribution in [-0.2, 0) is 10.8 Å².